The molecule has 1 aromatic carbocycles. The van der Waals surface area contributed by atoms with Crippen LogP contribution in [-0.2, 0) is 4.74 Å². The molecule has 1 aliphatic heterocycles. The van der Waals surface area contributed by atoms with Crippen LogP contribution in [0.2, 0.25) is 0 Å². The van der Waals surface area contributed by atoms with E-state index in [-0.39, 0.29) is 17.3 Å². The Morgan fingerprint density at radius 2 is 2.26 bits per heavy atom. The number of pyridine rings is 1. The molecule has 0 spiro atoms. The first kappa shape index (κ1) is 15.6. The number of benzene rings is 1. The lowest BCUT2D eigenvalue weighted by atomic mass is 9.90. The van der Waals surface area contributed by atoms with Crippen molar-refractivity contribution in [2.75, 3.05) is 13.2 Å². The molecule has 0 saturated carbocycles. The second-order valence-electron chi connectivity index (χ2n) is 5.93. The average molecular weight is 312 g/mol. The Hall–Kier alpha value is -2.32. The van der Waals surface area contributed by atoms with Crippen LogP contribution in [0.4, 0.5) is 4.39 Å². The van der Waals surface area contributed by atoms with Crippen molar-refractivity contribution < 1.29 is 13.9 Å². The van der Waals surface area contributed by atoms with Crippen molar-refractivity contribution in [2.45, 2.75) is 32.6 Å². The van der Waals surface area contributed by atoms with E-state index >= 15 is 0 Å². The van der Waals surface area contributed by atoms with E-state index < -0.39 is 5.82 Å². The molecule has 1 saturated heterocycles. The van der Waals surface area contributed by atoms with Crippen molar-refractivity contribution in [2.24, 2.45) is 0 Å². The molecule has 118 valence electrons. The second-order valence-corrected chi connectivity index (χ2v) is 5.93. The number of hydrogen-bond donors (Lipinski definition) is 0. The number of Topliss-reactive ketones (excluding diaryl/α,β-unsaturated/α-hetero) is 1. The van der Waals surface area contributed by atoms with Crippen LogP contribution in [0.25, 0.3) is 10.9 Å². The summed E-state index contributed by atoms with van der Waals surface area (Å²) in [4.78, 5) is 16.5. The number of nitriles is 1. The minimum Gasteiger partial charge on any atom is -0.381 e. The summed E-state index contributed by atoms with van der Waals surface area (Å²) >= 11 is 0. The van der Waals surface area contributed by atoms with Crippen molar-refractivity contribution in [1.82, 2.24) is 4.98 Å². The van der Waals surface area contributed by atoms with Gasteiger partial charge in [0.25, 0.3) is 0 Å². The van der Waals surface area contributed by atoms with Crippen molar-refractivity contribution >= 4 is 16.7 Å². The van der Waals surface area contributed by atoms with Gasteiger partial charge in [-0.2, -0.15) is 5.26 Å². The third kappa shape index (κ3) is 2.71. The van der Waals surface area contributed by atoms with Gasteiger partial charge in [-0.05, 0) is 44.4 Å². The standard InChI is InChI=1S/C18H17FN2O2/c1-10-16(8-20)15-7-13(19)6-14(11(2)22)18(15)21-17(10)12-4-3-5-23-9-12/h6-7,12H,3-5,9H2,1-2H3. The van der Waals surface area contributed by atoms with Crippen LogP contribution in [-0.4, -0.2) is 24.0 Å². The van der Waals surface area contributed by atoms with E-state index in [2.05, 4.69) is 11.1 Å². The van der Waals surface area contributed by atoms with Crippen molar-refractivity contribution in [1.29, 1.82) is 5.26 Å². The largest absolute Gasteiger partial charge is 0.381 e. The smallest absolute Gasteiger partial charge is 0.162 e. The van der Waals surface area contributed by atoms with Crippen LogP contribution in [0.3, 0.4) is 0 Å². The van der Waals surface area contributed by atoms with Crippen LogP contribution in [0, 0.1) is 24.1 Å². The third-order valence-corrected chi connectivity index (χ3v) is 4.37. The Labute approximate surface area is 133 Å². The predicted molar refractivity (Wildman–Crippen MR) is 84.0 cm³/mol. The average Bonchev–Trinajstić information content (AvgIpc) is 2.54. The quantitative estimate of drug-likeness (QED) is 0.794. The maximum atomic E-state index is 13.9. The lowest BCUT2D eigenvalue weighted by molar-refractivity contribution is 0.0792. The highest BCUT2D eigenvalue weighted by Crippen LogP contribution is 2.33. The number of rotatable bonds is 2. The highest BCUT2D eigenvalue weighted by atomic mass is 19.1. The molecule has 1 aliphatic rings. The fourth-order valence-electron chi connectivity index (χ4n) is 3.21. The minimum absolute atomic E-state index is 0.102. The summed E-state index contributed by atoms with van der Waals surface area (Å²) in [7, 11) is 0. The summed E-state index contributed by atoms with van der Waals surface area (Å²) in [6.07, 6.45) is 1.87. The summed E-state index contributed by atoms with van der Waals surface area (Å²) < 4.78 is 19.4. The van der Waals surface area contributed by atoms with Crippen LogP contribution in [0.15, 0.2) is 12.1 Å². The van der Waals surface area contributed by atoms with Gasteiger partial charge in [0.05, 0.1) is 23.4 Å². The van der Waals surface area contributed by atoms with Gasteiger partial charge in [0.1, 0.15) is 11.9 Å². The SMILES string of the molecule is CC(=O)c1cc(F)cc2c(C#N)c(C)c(C3CCCOC3)nc12. The lowest BCUT2D eigenvalue weighted by Crippen LogP contribution is -2.18. The van der Waals surface area contributed by atoms with Crippen molar-refractivity contribution in [3.63, 3.8) is 0 Å². The number of ether oxygens (including phenoxy) is 1. The number of fused-ring (bicyclic) bond motifs is 1. The molecule has 1 atom stereocenters. The number of hydrogen-bond acceptors (Lipinski definition) is 4. The molecule has 1 aromatic heterocycles. The summed E-state index contributed by atoms with van der Waals surface area (Å²) in [6.45, 7) is 4.50. The number of ketones is 1. The number of aromatic nitrogens is 1. The normalized spacial score (nSPS) is 17.9. The molecule has 0 bridgehead atoms. The van der Waals surface area contributed by atoms with Gasteiger partial charge >= 0.3 is 0 Å². The van der Waals surface area contributed by atoms with E-state index in [0.717, 1.165) is 30.7 Å². The molecule has 23 heavy (non-hydrogen) atoms. The van der Waals surface area contributed by atoms with E-state index in [1.807, 2.05) is 6.92 Å². The molecule has 0 radical (unpaired) electrons. The molecular formula is C18H17FN2O2. The monoisotopic (exact) mass is 312 g/mol. The molecule has 0 N–H and O–H groups in total. The Morgan fingerprint density at radius 3 is 2.87 bits per heavy atom. The highest BCUT2D eigenvalue weighted by molar-refractivity contribution is 6.06. The molecule has 1 fully saturated rings. The van der Waals surface area contributed by atoms with Gasteiger partial charge in [-0.1, -0.05) is 0 Å². The maximum absolute atomic E-state index is 13.9. The molecule has 1 unspecified atom stereocenters. The molecular weight excluding hydrogens is 295 g/mol. The van der Waals surface area contributed by atoms with Gasteiger partial charge in [0.15, 0.2) is 5.78 Å². The van der Waals surface area contributed by atoms with Crippen LogP contribution < -0.4 is 0 Å². The summed E-state index contributed by atoms with van der Waals surface area (Å²) in [5.74, 6) is -0.695. The Kier molecular flexibility index (Phi) is 4.10. The number of nitrogens with zero attached hydrogens (tertiary/aromatic N) is 2. The Morgan fingerprint density at radius 1 is 1.48 bits per heavy atom. The van der Waals surface area contributed by atoms with Gasteiger partial charge in [-0.15, -0.1) is 0 Å². The van der Waals surface area contributed by atoms with E-state index in [0.29, 0.717) is 23.1 Å². The zero-order chi connectivity index (χ0) is 16.6. The fraction of sp³-hybridized carbons (Fsp3) is 0.389. The summed E-state index contributed by atoms with van der Waals surface area (Å²) in [5, 5.41) is 9.94. The van der Waals surface area contributed by atoms with E-state index in [9.17, 15) is 14.4 Å². The van der Waals surface area contributed by atoms with Gasteiger partial charge in [0.2, 0.25) is 0 Å². The lowest BCUT2D eigenvalue weighted by Gasteiger charge is -2.24. The predicted octanol–water partition coefficient (Wildman–Crippen LogP) is 3.65. The molecule has 5 heteroatoms. The van der Waals surface area contributed by atoms with Crippen molar-refractivity contribution in [3.05, 3.63) is 40.3 Å². The number of carbonyl (C=O) groups is 1. The summed E-state index contributed by atoms with van der Waals surface area (Å²) in [5.41, 5.74) is 2.53. The zero-order valence-corrected chi connectivity index (χ0v) is 13.1. The van der Waals surface area contributed by atoms with Gasteiger partial charge in [-0.3, -0.25) is 9.78 Å². The second kappa shape index (κ2) is 6.05. The fourth-order valence-corrected chi connectivity index (χ4v) is 3.21. The van der Waals surface area contributed by atoms with Crippen LogP contribution >= 0.6 is 0 Å². The molecule has 2 heterocycles. The first-order chi connectivity index (χ1) is 11.0. The van der Waals surface area contributed by atoms with Crippen LogP contribution in [0.1, 0.15) is 52.9 Å². The molecule has 3 rings (SSSR count). The van der Waals surface area contributed by atoms with Gasteiger partial charge < -0.3 is 4.74 Å². The highest BCUT2D eigenvalue weighted by Gasteiger charge is 2.24. The molecule has 4 nitrogen and oxygen atoms in total. The first-order valence-corrected chi connectivity index (χ1v) is 7.65. The van der Waals surface area contributed by atoms with E-state index in [1.165, 1.54) is 19.1 Å². The molecule has 2 aromatic rings. The molecule has 0 amide bonds. The van der Waals surface area contributed by atoms with Crippen molar-refractivity contribution in [3.8, 4) is 6.07 Å². The molecule has 0 aliphatic carbocycles. The Balaban J connectivity index is 2.33. The Bertz CT molecular complexity index is 833. The minimum atomic E-state index is -0.533. The third-order valence-electron chi connectivity index (χ3n) is 4.37. The maximum Gasteiger partial charge on any atom is 0.162 e. The van der Waals surface area contributed by atoms with E-state index in [4.69, 9.17) is 4.74 Å². The summed E-state index contributed by atoms with van der Waals surface area (Å²) in [6, 6.07) is 4.62. The van der Waals surface area contributed by atoms with Gasteiger partial charge in [-0.25, -0.2) is 4.39 Å². The topological polar surface area (TPSA) is 63.0 Å². The zero-order valence-electron chi connectivity index (χ0n) is 13.1. The number of carbonyl (C=O) groups excluding carboxylic acids is 1. The van der Waals surface area contributed by atoms with E-state index in [1.54, 1.807) is 0 Å². The first-order valence-electron chi connectivity index (χ1n) is 7.65. The van der Waals surface area contributed by atoms with Crippen LogP contribution in [0.5, 0.6) is 0 Å². The van der Waals surface area contributed by atoms with Gasteiger partial charge in [0, 0.05) is 23.5 Å². The number of halogens is 1.